The van der Waals surface area contributed by atoms with E-state index >= 15 is 0 Å². The topological polar surface area (TPSA) is 63.2 Å². The van der Waals surface area contributed by atoms with Crippen molar-refractivity contribution in [2.75, 3.05) is 0 Å². The minimum atomic E-state index is -3.73. The smallest absolute Gasteiger partial charge is 0.241 e. The molecule has 27 heavy (non-hydrogen) atoms. The zero-order valence-corrected chi connectivity index (χ0v) is 15.8. The van der Waals surface area contributed by atoms with Gasteiger partial charge in [0, 0.05) is 5.56 Å². The van der Waals surface area contributed by atoms with Gasteiger partial charge in [0.1, 0.15) is 0 Å². The Morgan fingerprint density at radius 3 is 1.96 bits per heavy atom. The summed E-state index contributed by atoms with van der Waals surface area (Å²) in [7, 11) is -3.73. The van der Waals surface area contributed by atoms with Crippen molar-refractivity contribution in [1.29, 1.82) is 0 Å². The van der Waals surface area contributed by atoms with Crippen molar-refractivity contribution >= 4 is 15.8 Å². The third kappa shape index (κ3) is 4.90. The van der Waals surface area contributed by atoms with Crippen molar-refractivity contribution in [3.8, 4) is 0 Å². The number of sulfonamides is 1. The second-order valence-corrected chi connectivity index (χ2v) is 8.07. The molecule has 0 fully saturated rings. The van der Waals surface area contributed by atoms with E-state index in [1.165, 1.54) is 31.2 Å². The van der Waals surface area contributed by atoms with Gasteiger partial charge in [-0.05, 0) is 36.6 Å². The van der Waals surface area contributed by atoms with Crippen molar-refractivity contribution in [3.05, 3.63) is 102 Å². The van der Waals surface area contributed by atoms with Crippen molar-refractivity contribution in [2.45, 2.75) is 24.3 Å². The summed E-state index contributed by atoms with van der Waals surface area (Å²) in [6, 6.07) is 24.9. The quantitative estimate of drug-likeness (QED) is 0.627. The molecule has 0 spiro atoms. The first kappa shape index (κ1) is 19.0. The summed E-state index contributed by atoms with van der Waals surface area (Å²) in [5.74, 6) is -0.0989. The van der Waals surface area contributed by atoms with Crippen LogP contribution in [0.1, 0.15) is 34.5 Å². The molecule has 3 aromatic rings. The summed E-state index contributed by atoms with van der Waals surface area (Å²) < 4.78 is 28.6. The molecule has 0 aliphatic heterocycles. The van der Waals surface area contributed by atoms with E-state index in [1.54, 1.807) is 0 Å². The molecule has 0 amide bonds. The Morgan fingerprint density at radius 1 is 0.852 bits per heavy atom. The largest absolute Gasteiger partial charge is 0.295 e. The van der Waals surface area contributed by atoms with E-state index in [1.807, 2.05) is 60.7 Å². The lowest BCUT2D eigenvalue weighted by Crippen LogP contribution is -2.30. The van der Waals surface area contributed by atoms with Crippen molar-refractivity contribution in [1.82, 2.24) is 4.72 Å². The fourth-order valence-corrected chi connectivity index (χ4v) is 4.11. The van der Waals surface area contributed by atoms with Gasteiger partial charge in [-0.1, -0.05) is 72.8 Å². The summed E-state index contributed by atoms with van der Waals surface area (Å²) in [6.45, 7) is 1.45. The zero-order valence-electron chi connectivity index (χ0n) is 15.0. The number of hydrogen-bond acceptors (Lipinski definition) is 3. The van der Waals surface area contributed by atoms with Crippen LogP contribution in [-0.4, -0.2) is 14.2 Å². The highest BCUT2D eigenvalue weighted by Crippen LogP contribution is 2.22. The normalized spacial score (nSPS) is 12.5. The molecule has 3 rings (SSSR count). The highest BCUT2D eigenvalue weighted by Gasteiger charge is 2.22. The van der Waals surface area contributed by atoms with Crippen LogP contribution >= 0.6 is 0 Å². The van der Waals surface area contributed by atoms with Gasteiger partial charge in [0.25, 0.3) is 0 Å². The molecule has 0 aliphatic carbocycles. The number of carbonyl (C=O) groups excluding carboxylic acids is 1. The molecule has 1 atom stereocenters. The number of hydrogen-bond donors (Lipinski definition) is 1. The van der Waals surface area contributed by atoms with Crippen molar-refractivity contribution in [2.24, 2.45) is 0 Å². The van der Waals surface area contributed by atoms with Crippen LogP contribution in [0.2, 0.25) is 0 Å². The van der Waals surface area contributed by atoms with Crippen LogP contribution in [0.15, 0.2) is 89.8 Å². The van der Waals surface area contributed by atoms with Crippen LogP contribution in [0.5, 0.6) is 0 Å². The Hall–Kier alpha value is -2.76. The van der Waals surface area contributed by atoms with Crippen LogP contribution < -0.4 is 4.72 Å². The van der Waals surface area contributed by atoms with Gasteiger partial charge >= 0.3 is 0 Å². The Kier molecular flexibility index (Phi) is 5.84. The molecule has 0 radical (unpaired) electrons. The van der Waals surface area contributed by atoms with E-state index in [-0.39, 0.29) is 10.7 Å². The van der Waals surface area contributed by atoms with Gasteiger partial charge in [0.05, 0.1) is 10.9 Å². The molecule has 0 aliphatic rings. The van der Waals surface area contributed by atoms with Gasteiger partial charge in [-0.25, -0.2) is 13.1 Å². The van der Waals surface area contributed by atoms with E-state index in [2.05, 4.69) is 4.72 Å². The number of nitrogens with one attached hydrogen (secondary N) is 1. The molecule has 0 aromatic heterocycles. The van der Waals surface area contributed by atoms with Gasteiger partial charge in [0.15, 0.2) is 5.78 Å². The van der Waals surface area contributed by atoms with E-state index in [0.717, 1.165) is 11.1 Å². The van der Waals surface area contributed by atoms with Crippen molar-refractivity contribution < 1.29 is 13.2 Å². The highest BCUT2D eigenvalue weighted by atomic mass is 32.2. The Labute approximate surface area is 159 Å². The third-order valence-corrected chi connectivity index (χ3v) is 5.84. The molecule has 0 saturated carbocycles. The molecule has 0 heterocycles. The maximum absolute atomic E-state index is 12.9. The lowest BCUT2D eigenvalue weighted by molar-refractivity contribution is 0.101. The molecule has 1 N–H and O–H groups in total. The monoisotopic (exact) mass is 379 g/mol. The minimum Gasteiger partial charge on any atom is -0.295 e. The fraction of sp³-hybridized carbons (Fsp3) is 0.136. The Balaban J connectivity index is 1.89. The fourth-order valence-electron chi connectivity index (χ4n) is 2.89. The number of benzene rings is 3. The first-order valence-corrected chi connectivity index (χ1v) is 10.2. The maximum atomic E-state index is 12.9. The average Bonchev–Trinajstić information content (AvgIpc) is 2.69. The summed E-state index contributed by atoms with van der Waals surface area (Å²) in [4.78, 5) is 11.5. The van der Waals surface area contributed by atoms with Crippen LogP contribution in [0.4, 0.5) is 0 Å². The first-order valence-electron chi connectivity index (χ1n) is 8.68. The Bertz CT molecular complexity index is 998. The second kappa shape index (κ2) is 8.29. The summed E-state index contributed by atoms with van der Waals surface area (Å²) in [6.07, 6.45) is 0.537. The number of carbonyl (C=O) groups is 1. The molecule has 0 saturated heterocycles. The van der Waals surface area contributed by atoms with Gasteiger partial charge in [-0.15, -0.1) is 0 Å². The first-order chi connectivity index (χ1) is 13.0. The number of Topliss-reactive ketones (excluding diaryl/α,β-unsaturated/α-hetero) is 1. The minimum absolute atomic E-state index is 0.0989. The predicted octanol–water partition coefficient (Wildman–Crippen LogP) is 4.15. The van der Waals surface area contributed by atoms with E-state index in [0.29, 0.717) is 12.0 Å². The molecule has 3 aromatic carbocycles. The average molecular weight is 379 g/mol. The molecule has 138 valence electrons. The molecule has 4 nitrogen and oxygen atoms in total. The predicted molar refractivity (Wildman–Crippen MR) is 106 cm³/mol. The molecular weight excluding hydrogens is 358 g/mol. The molecular formula is C22H21NO3S. The summed E-state index contributed by atoms with van der Waals surface area (Å²) in [5, 5.41) is 0. The maximum Gasteiger partial charge on any atom is 0.241 e. The molecule has 0 bridgehead atoms. The van der Waals surface area contributed by atoms with E-state index in [9.17, 15) is 13.2 Å². The van der Waals surface area contributed by atoms with E-state index in [4.69, 9.17) is 0 Å². The van der Waals surface area contributed by atoms with Crippen LogP contribution in [0, 0.1) is 0 Å². The lowest BCUT2D eigenvalue weighted by Gasteiger charge is -2.19. The standard InChI is InChI=1S/C22H21NO3S/c1-17(24)19-12-14-21(15-13-19)27(25,26)23-22(20-10-6-3-7-11-20)16-18-8-4-2-5-9-18/h2-15,22-23H,16H2,1H3/t22-/m1/s1. The van der Waals surface area contributed by atoms with E-state index < -0.39 is 16.1 Å². The lowest BCUT2D eigenvalue weighted by atomic mass is 10.00. The SMILES string of the molecule is CC(=O)c1ccc(S(=O)(=O)N[C@H](Cc2ccccc2)c2ccccc2)cc1. The van der Waals surface area contributed by atoms with Crippen LogP contribution in [0.3, 0.4) is 0 Å². The molecule has 0 unspecified atom stereocenters. The van der Waals surface area contributed by atoms with Gasteiger partial charge in [-0.2, -0.15) is 0 Å². The Morgan fingerprint density at radius 2 is 1.41 bits per heavy atom. The van der Waals surface area contributed by atoms with Crippen LogP contribution in [0.25, 0.3) is 0 Å². The summed E-state index contributed by atoms with van der Waals surface area (Å²) >= 11 is 0. The third-order valence-electron chi connectivity index (χ3n) is 4.35. The second-order valence-electron chi connectivity index (χ2n) is 6.35. The van der Waals surface area contributed by atoms with Gasteiger partial charge in [0.2, 0.25) is 10.0 Å². The van der Waals surface area contributed by atoms with Crippen LogP contribution in [-0.2, 0) is 16.4 Å². The summed E-state index contributed by atoms with van der Waals surface area (Å²) in [5.41, 5.74) is 2.42. The van der Waals surface area contributed by atoms with Crippen molar-refractivity contribution in [3.63, 3.8) is 0 Å². The molecule has 5 heteroatoms. The van der Waals surface area contributed by atoms with Gasteiger partial charge < -0.3 is 0 Å². The van der Waals surface area contributed by atoms with Gasteiger partial charge in [-0.3, -0.25) is 4.79 Å². The highest BCUT2D eigenvalue weighted by molar-refractivity contribution is 7.89. The number of ketones is 1. The zero-order chi connectivity index (χ0) is 19.3. The number of rotatable bonds is 7.